The van der Waals surface area contributed by atoms with Crippen LogP contribution in [0.15, 0.2) is 0 Å². The van der Waals surface area contributed by atoms with Gasteiger partial charge >= 0.3 is 10.4 Å². The molecule has 0 aliphatic carbocycles. The zero-order chi connectivity index (χ0) is 8.78. The minimum Gasteiger partial charge on any atom is -0.370 e. The summed E-state index contributed by atoms with van der Waals surface area (Å²) in [7, 11) is -3.29. The molecule has 0 saturated carbocycles. The fourth-order valence-electron chi connectivity index (χ4n) is 0. The Labute approximate surface area is 58.4 Å². The summed E-state index contributed by atoms with van der Waals surface area (Å²) in [5, 5.41) is 6.06. The van der Waals surface area contributed by atoms with Gasteiger partial charge in [0.1, 0.15) is 0 Å². The molecule has 8 heteroatoms. The molecule has 0 aromatic heterocycles. The second kappa shape index (κ2) is 4.97. The van der Waals surface area contributed by atoms with Gasteiger partial charge in [0.05, 0.1) is 7.11 Å². The summed E-state index contributed by atoms with van der Waals surface area (Å²) in [6.45, 7) is 0. The van der Waals surface area contributed by atoms with E-state index in [1.807, 2.05) is 0 Å². The van der Waals surface area contributed by atoms with E-state index in [9.17, 15) is 8.42 Å². The Morgan fingerprint density at radius 1 is 1.60 bits per heavy atom. The number of guanidine groups is 1. The number of nitrogens with two attached hydrogens (primary N) is 2. The maximum atomic E-state index is 9.33. The lowest BCUT2D eigenvalue weighted by Gasteiger charge is -1.82. The van der Waals surface area contributed by atoms with E-state index in [4.69, 9.17) is 9.96 Å². The molecule has 0 saturated heterocycles. The van der Waals surface area contributed by atoms with Crippen molar-refractivity contribution in [2.45, 2.75) is 0 Å². The Kier molecular flexibility index (Phi) is 5.90. The summed E-state index contributed by atoms with van der Waals surface area (Å²) >= 11 is 0. The zero-order valence-electron chi connectivity index (χ0n) is 5.23. The average Bonchev–Trinajstić information content (AvgIpc) is 1.63. The molecule has 0 unspecified atom stereocenters. The summed E-state index contributed by atoms with van der Waals surface area (Å²) < 4.78 is 29.7. The fourth-order valence-corrected chi connectivity index (χ4v) is 0. The molecule has 0 bridgehead atoms. The highest BCUT2D eigenvalue weighted by Gasteiger charge is 1.93. The monoisotopic (exact) mass is 171 g/mol. The van der Waals surface area contributed by atoms with Crippen LogP contribution in [0.5, 0.6) is 0 Å². The van der Waals surface area contributed by atoms with Gasteiger partial charge in [0, 0.05) is 0 Å². The van der Waals surface area contributed by atoms with Crippen LogP contribution < -0.4 is 11.5 Å². The first-order chi connectivity index (χ1) is 4.29. The van der Waals surface area contributed by atoms with Crippen molar-refractivity contribution in [1.29, 1.82) is 5.41 Å². The van der Waals surface area contributed by atoms with Crippen molar-refractivity contribution in [2.24, 2.45) is 11.5 Å². The molecule has 0 spiro atoms. The van der Waals surface area contributed by atoms with Crippen LogP contribution in [-0.2, 0) is 14.6 Å². The Bertz CT molecular complexity index is 181. The van der Waals surface area contributed by atoms with Crippen molar-refractivity contribution in [3.8, 4) is 0 Å². The molecule has 0 rings (SSSR count). The van der Waals surface area contributed by atoms with Crippen LogP contribution in [0, 0.1) is 5.41 Å². The van der Waals surface area contributed by atoms with Crippen molar-refractivity contribution >= 4 is 16.4 Å². The predicted octanol–water partition coefficient (Wildman–Crippen LogP) is -1.73. The van der Waals surface area contributed by atoms with Gasteiger partial charge in [-0.05, 0) is 0 Å². The standard InChI is InChI=1S/CH5N3.CH4O4S/c2-1(3)4;1-5-6(2,3)4/h(H5,2,3,4);1H3,(H,2,3,4). The van der Waals surface area contributed by atoms with Gasteiger partial charge in [-0.1, -0.05) is 0 Å². The molecule has 0 fully saturated rings. The third-order valence-corrected chi connectivity index (χ3v) is 0.632. The molecule has 0 amide bonds. The van der Waals surface area contributed by atoms with Gasteiger partial charge in [-0.3, -0.25) is 14.1 Å². The third kappa shape index (κ3) is 58.8. The second-order valence-corrected chi connectivity index (χ2v) is 2.24. The van der Waals surface area contributed by atoms with Crippen molar-refractivity contribution in [3.05, 3.63) is 0 Å². The predicted molar refractivity (Wildman–Crippen MR) is 34.7 cm³/mol. The lowest BCUT2D eigenvalue weighted by molar-refractivity contribution is 0.324. The summed E-state index contributed by atoms with van der Waals surface area (Å²) in [6, 6.07) is 0. The summed E-state index contributed by atoms with van der Waals surface area (Å²) in [5.41, 5.74) is 8.94. The van der Waals surface area contributed by atoms with Crippen molar-refractivity contribution < 1.29 is 17.2 Å². The van der Waals surface area contributed by atoms with E-state index in [-0.39, 0.29) is 5.96 Å². The van der Waals surface area contributed by atoms with E-state index in [1.54, 1.807) is 0 Å². The van der Waals surface area contributed by atoms with Crippen molar-refractivity contribution in [3.63, 3.8) is 0 Å². The van der Waals surface area contributed by atoms with Crippen LogP contribution in [0.3, 0.4) is 0 Å². The molecule has 0 aromatic rings. The molecule has 62 valence electrons. The van der Waals surface area contributed by atoms with Crippen LogP contribution in [0.1, 0.15) is 0 Å². The van der Waals surface area contributed by atoms with E-state index < -0.39 is 10.4 Å². The first-order valence-corrected chi connectivity index (χ1v) is 3.28. The normalized spacial score (nSPS) is 9.40. The maximum absolute atomic E-state index is 9.33. The van der Waals surface area contributed by atoms with Crippen molar-refractivity contribution in [1.82, 2.24) is 0 Å². The Balaban J connectivity index is 0. The number of nitrogens with one attached hydrogen (secondary N) is 1. The molecule has 0 heterocycles. The van der Waals surface area contributed by atoms with E-state index in [2.05, 4.69) is 15.7 Å². The van der Waals surface area contributed by atoms with E-state index in [0.717, 1.165) is 7.11 Å². The SMILES string of the molecule is COS(=O)(=O)O.N=C(N)N. The van der Waals surface area contributed by atoms with E-state index >= 15 is 0 Å². The minimum absolute atomic E-state index is 0.333. The molecular formula is C2H9N3O4S. The molecule has 0 aliphatic heterocycles. The van der Waals surface area contributed by atoms with Gasteiger partial charge in [0.2, 0.25) is 0 Å². The average molecular weight is 171 g/mol. The quantitative estimate of drug-likeness (QED) is 0.210. The molecule has 10 heavy (non-hydrogen) atoms. The third-order valence-electron chi connectivity index (χ3n) is 0.211. The van der Waals surface area contributed by atoms with Crippen LogP contribution in [0.25, 0.3) is 0 Å². The first kappa shape index (κ1) is 11.9. The van der Waals surface area contributed by atoms with Gasteiger partial charge in [-0.15, -0.1) is 0 Å². The fraction of sp³-hybridized carbons (Fsp3) is 0.500. The Morgan fingerprint density at radius 3 is 1.70 bits per heavy atom. The highest BCUT2D eigenvalue weighted by molar-refractivity contribution is 7.80. The number of rotatable bonds is 1. The van der Waals surface area contributed by atoms with Crippen LogP contribution in [-0.4, -0.2) is 26.0 Å². The lowest BCUT2D eigenvalue weighted by Crippen LogP contribution is -2.20. The van der Waals surface area contributed by atoms with Crippen LogP contribution in [0.2, 0.25) is 0 Å². The van der Waals surface area contributed by atoms with Gasteiger partial charge in [-0.25, -0.2) is 0 Å². The lowest BCUT2D eigenvalue weighted by atomic mass is 11.1. The molecule has 0 aliphatic rings. The number of hydrogen-bond acceptors (Lipinski definition) is 4. The molecule has 0 atom stereocenters. The summed E-state index contributed by atoms with van der Waals surface area (Å²) in [6.07, 6.45) is 0. The highest BCUT2D eigenvalue weighted by Crippen LogP contribution is 1.74. The summed E-state index contributed by atoms with van der Waals surface area (Å²) in [4.78, 5) is 0. The minimum atomic E-state index is -4.16. The molecule has 7 nitrogen and oxygen atoms in total. The van der Waals surface area contributed by atoms with Gasteiger partial charge < -0.3 is 11.5 Å². The van der Waals surface area contributed by atoms with E-state index in [1.165, 1.54) is 0 Å². The second-order valence-electron chi connectivity index (χ2n) is 1.05. The maximum Gasteiger partial charge on any atom is 0.397 e. The first-order valence-electron chi connectivity index (χ1n) is 1.92. The highest BCUT2D eigenvalue weighted by atomic mass is 32.3. The summed E-state index contributed by atoms with van der Waals surface area (Å²) in [5.74, 6) is -0.333. The van der Waals surface area contributed by atoms with Gasteiger partial charge in [0.25, 0.3) is 0 Å². The van der Waals surface area contributed by atoms with Crippen molar-refractivity contribution in [2.75, 3.05) is 7.11 Å². The van der Waals surface area contributed by atoms with Crippen LogP contribution >= 0.6 is 0 Å². The molecular weight excluding hydrogens is 162 g/mol. The Morgan fingerprint density at radius 2 is 1.70 bits per heavy atom. The largest absolute Gasteiger partial charge is 0.397 e. The van der Waals surface area contributed by atoms with Gasteiger partial charge in [-0.2, -0.15) is 8.42 Å². The van der Waals surface area contributed by atoms with Crippen LogP contribution in [0.4, 0.5) is 0 Å². The Hall–Kier alpha value is -0.860. The smallest absolute Gasteiger partial charge is 0.370 e. The molecule has 6 N–H and O–H groups in total. The van der Waals surface area contributed by atoms with E-state index in [0.29, 0.717) is 0 Å². The number of hydrogen-bond donors (Lipinski definition) is 4. The topological polar surface area (TPSA) is 139 Å². The molecule has 0 aromatic carbocycles. The van der Waals surface area contributed by atoms with Gasteiger partial charge in [0.15, 0.2) is 5.96 Å². The zero-order valence-corrected chi connectivity index (χ0v) is 6.05. The molecule has 0 radical (unpaired) electrons.